The highest BCUT2D eigenvalue weighted by molar-refractivity contribution is 5.98. The maximum Gasteiger partial charge on any atom is 0.325 e. The van der Waals surface area contributed by atoms with Crippen LogP contribution in [-0.4, -0.2) is 37.9 Å². The van der Waals surface area contributed by atoms with Gasteiger partial charge in [0.2, 0.25) is 0 Å². The number of carbonyl (C=O) groups excluding carboxylic acids is 3. The summed E-state index contributed by atoms with van der Waals surface area (Å²) in [6, 6.07) is 11.3. The van der Waals surface area contributed by atoms with Crippen molar-refractivity contribution >= 4 is 17.7 Å². The Balaban J connectivity index is 1.79. The molecule has 0 atom stereocenters. The van der Waals surface area contributed by atoms with E-state index < -0.39 is 30.1 Å². The summed E-state index contributed by atoms with van der Waals surface area (Å²) in [6.45, 7) is -0.869. The lowest BCUT2D eigenvalue weighted by Crippen LogP contribution is -2.31. The molecule has 0 spiro atoms. The van der Waals surface area contributed by atoms with Crippen LogP contribution >= 0.6 is 0 Å². The summed E-state index contributed by atoms with van der Waals surface area (Å²) < 4.78 is 22.6. The molecule has 0 fully saturated rings. The van der Waals surface area contributed by atoms with Crippen LogP contribution in [0, 0.1) is 5.82 Å². The Kier molecular flexibility index (Phi) is 6.22. The minimum absolute atomic E-state index is 0.231. The molecule has 1 amide bonds. The molecule has 0 radical (unpaired) electrons. The first kappa shape index (κ1) is 18.1. The van der Waals surface area contributed by atoms with Crippen molar-refractivity contribution in [1.82, 2.24) is 5.32 Å². The predicted octanol–water partition coefficient (Wildman–Crippen LogP) is 1.99. The lowest BCUT2D eigenvalue weighted by atomic mass is 10.1. The number of benzene rings is 2. The first-order valence-corrected chi connectivity index (χ1v) is 7.36. The third kappa shape index (κ3) is 5.42. The molecule has 2 aromatic carbocycles. The van der Waals surface area contributed by atoms with E-state index in [-0.39, 0.29) is 12.1 Å². The number of methoxy groups -OCH3 is 1. The van der Waals surface area contributed by atoms with Crippen molar-refractivity contribution in [3.63, 3.8) is 0 Å². The van der Waals surface area contributed by atoms with Crippen LogP contribution in [0.15, 0.2) is 48.5 Å². The average Bonchev–Trinajstić information content (AvgIpc) is 2.64. The van der Waals surface area contributed by atoms with Gasteiger partial charge in [0.25, 0.3) is 5.91 Å². The Labute approximate surface area is 143 Å². The molecule has 0 aliphatic heterocycles. The fraction of sp³-hybridized carbons (Fsp3) is 0.167. The Morgan fingerprint density at radius 1 is 1.04 bits per heavy atom. The van der Waals surface area contributed by atoms with Crippen LogP contribution in [0.2, 0.25) is 0 Å². The molecule has 0 saturated carbocycles. The molecule has 0 bridgehead atoms. The van der Waals surface area contributed by atoms with Crippen molar-refractivity contribution < 1.29 is 28.2 Å². The molecule has 0 aromatic heterocycles. The zero-order valence-electron chi connectivity index (χ0n) is 13.5. The van der Waals surface area contributed by atoms with Crippen molar-refractivity contribution in [2.24, 2.45) is 0 Å². The molecule has 0 aliphatic rings. The highest BCUT2D eigenvalue weighted by Gasteiger charge is 2.12. The third-order valence-electron chi connectivity index (χ3n) is 3.26. The smallest absolute Gasteiger partial charge is 0.325 e. The number of nitrogens with one attached hydrogen (secondary N) is 1. The van der Waals surface area contributed by atoms with Crippen LogP contribution in [0.4, 0.5) is 4.39 Å². The number of halogens is 1. The quantitative estimate of drug-likeness (QED) is 0.613. The summed E-state index contributed by atoms with van der Waals surface area (Å²) >= 11 is 0. The highest BCUT2D eigenvalue weighted by Crippen LogP contribution is 2.12. The maximum atomic E-state index is 12.8. The standard InChI is InChI=1S/C18H16FNO5/c1-24-15-4-2-3-13(9-15)18(23)20-10-17(22)25-11-16(21)12-5-7-14(19)8-6-12/h2-9H,10-11H2,1H3,(H,20,23). The van der Waals surface area contributed by atoms with Crippen molar-refractivity contribution in [1.29, 1.82) is 0 Å². The number of amides is 1. The van der Waals surface area contributed by atoms with E-state index in [1.54, 1.807) is 18.2 Å². The number of esters is 1. The first-order chi connectivity index (χ1) is 12.0. The maximum absolute atomic E-state index is 12.8. The second-order valence-corrected chi connectivity index (χ2v) is 5.01. The van der Waals surface area contributed by atoms with E-state index in [1.807, 2.05) is 0 Å². The van der Waals surface area contributed by atoms with E-state index in [4.69, 9.17) is 9.47 Å². The van der Waals surface area contributed by atoms with Gasteiger partial charge in [-0.2, -0.15) is 0 Å². The summed E-state index contributed by atoms with van der Waals surface area (Å²) in [5, 5.41) is 2.39. The fourth-order valence-electron chi connectivity index (χ4n) is 1.94. The summed E-state index contributed by atoms with van der Waals surface area (Å²) in [6.07, 6.45) is 0. The van der Waals surface area contributed by atoms with Gasteiger partial charge >= 0.3 is 5.97 Å². The average molecular weight is 345 g/mol. The van der Waals surface area contributed by atoms with Crippen LogP contribution in [-0.2, 0) is 9.53 Å². The summed E-state index contributed by atoms with van der Waals surface area (Å²) in [7, 11) is 1.48. The van der Waals surface area contributed by atoms with Gasteiger partial charge in [0.05, 0.1) is 7.11 Å². The van der Waals surface area contributed by atoms with Crippen LogP contribution in [0.3, 0.4) is 0 Å². The van der Waals surface area contributed by atoms with Crippen LogP contribution in [0.5, 0.6) is 5.75 Å². The van der Waals surface area contributed by atoms with Gasteiger partial charge in [-0.1, -0.05) is 6.07 Å². The molecule has 130 valence electrons. The van der Waals surface area contributed by atoms with Gasteiger partial charge in [-0.25, -0.2) is 4.39 Å². The Morgan fingerprint density at radius 3 is 2.44 bits per heavy atom. The van der Waals surface area contributed by atoms with Gasteiger partial charge in [0, 0.05) is 11.1 Å². The van der Waals surface area contributed by atoms with Crippen LogP contribution in [0.25, 0.3) is 0 Å². The zero-order chi connectivity index (χ0) is 18.2. The highest BCUT2D eigenvalue weighted by atomic mass is 19.1. The predicted molar refractivity (Wildman–Crippen MR) is 87.0 cm³/mol. The van der Waals surface area contributed by atoms with Gasteiger partial charge in [-0.15, -0.1) is 0 Å². The minimum atomic E-state index is -0.758. The molecule has 0 unspecified atom stereocenters. The number of ketones is 1. The number of hydrogen-bond donors (Lipinski definition) is 1. The Bertz CT molecular complexity index is 773. The lowest BCUT2D eigenvalue weighted by Gasteiger charge is -2.07. The summed E-state index contributed by atoms with van der Waals surface area (Å²) in [4.78, 5) is 35.3. The van der Waals surface area contributed by atoms with Crippen molar-refractivity contribution in [2.75, 3.05) is 20.3 Å². The SMILES string of the molecule is COc1cccc(C(=O)NCC(=O)OCC(=O)c2ccc(F)cc2)c1. The Morgan fingerprint density at radius 2 is 1.76 bits per heavy atom. The van der Waals surface area contributed by atoms with Gasteiger partial charge < -0.3 is 14.8 Å². The van der Waals surface area contributed by atoms with Gasteiger partial charge in [0.1, 0.15) is 18.1 Å². The summed E-state index contributed by atoms with van der Waals surface area (Å²) in [5.41, 5.74) is 0.559. The molecule has 6 nitrogen and oxygen atoms in total. The number of rotatable bonds is 7. The largest absolute Gasteiger partial charge is 0.497 e. The van der Waals surface area contributed by atoms with Crippen molar-refractivity contribution in [2.45, 2.75) is 0 Å². The lowest BCUT2D eigenvalue weighted by molar-refractivity contribution is -0.141. The fourth-order valence-corrected chi connectivity index (χ4v) is 1.94. The second kappa shape index (κ2) is 8.58. The van der Waals surface area contributed by atoms with E-state index in [2.05, 4.69) is 5.32 Å². The third-order valence-corrected chi connectivity index (χ3v) is 3.26. The normalized spacial score (nSPS) is 10.0. The molecule has 1 N–H and O–H groups in total. The number of ether oxygens (including phenoxy) is 2. The molecule has 0 saturated heterocycles. The monoisotopic (exact) mass is 345 g/mol. The zero-order valence-corrected chi connectivity index (χ0v) is 13.5. The minimum Gasteiger partial charge on any atom is -0.497 e. The molecule has 0 aliphatic carbocycles. The number of hydrogen-bond acceptors (Lipinski definition) is 5. The Hall–Kier alpha value is -3.22. The van der Waals surface area contributed by atoms with Crippen molar-refractivity contribution in [3.8, 4) is 5.75 Å². The second-order valence-electron chi connectivity index (χ2n) is 5.01. The topological polar surface area (TPSA) is 81.7 Å². The van der Waals surface area contributed by atoms with Crippen LogP contribution in [0.1, 0.15) is 20.7 Å². The molecule has 0 heterocycles. The van der Waals surface area contributed by atoms with Gasteiger partial charge in [0.15, 0.2) is 12.4 Å². The van der Waals surface area contributed by atoms with E-state index in [1.165, 1.54) is 25.3 Å². The van der Waals surface area contributed by atoms with E-state index >= 15 is 0 Å². The molecular weight excluding hydrogens is 329 g/mol. The molecule has 2 aromatic rings. The molecule has 25 heavy (non-hydrogen) atoms. The van der Waals surface area contributed by atoms with E-state index in [0.29, 0.717) is 11.3 Å². The van der Waals surface area contributed by atoms with E-state index in [0.717, 1.165) is 12.1 Å². The number of carbonyl (C=O) groups is 3. The summed E-state index contributed by atoms with van der Waals surface area (Å²) in [5.74, 6) is -1.64. The van der Waals surface area contributed by atoms with E-state index in [9.17, 15) is 18.8 Å². The first-order valence-electron chi connectivity index (χ1n) is 7.36. The molecule has 7 heteroatoms. The van der Waals surface area contributed by atoms with Crippen LogP contribution < -0.4 is 10.1 Å². The molecular formula is C18H16FNO5. The molecule has 2 rings (SSSR count). The van der Waals surface area contributed by atoms with Gasteiger partial charge in [-0.05, 0) is 42.5 Å². The number of Topliss-reactive ketones (excluding diaryl/α,β-unsaturated/α-hetero) is 1. The van der Waals surface area contributed by atoms with Crippen molar-refractivity contribution in [3.05, 3.63) is 65.5 Å². The van der Waals surface area contributed by atoms with Gasteiger partial charge in [-0.3, -0.25) is 14.4 Å².